The SMILES string of the molecule is Cc1ccc(CN2CC(C)N(C(=O)Nc3ccccc3)C(C)C2)cc1. The average molecular weight is 337 g/mol. The molecule has 3 rings (SSSR count). The number of anilines is 1. The zero-order chi connectivity index (χ0) is 17.8. The Morgan fingerprint density at radius 1 is 1.00 bits per heavy atom. The van der Waals surface area contributed by atoms with E-state index in [9.17, 15) is 4.79 Å². The number of urea groups is 1. The Hall–Kier alpha value is -2.33. The fraction of sp³-hybridized carbons (Fsp3) is 0.381. The standard InChI is InChI=1S/C21H27N3O/c1-16-9-11-19(12-10-16)15-23-13-17(2)24(18(3)14-23)21(25)22-20-7-5-4-6-8-20/h4-12,17-18H,13-15H2,1-3H3,(H,22,25). The van der Waals surface area contributed by atoms with Gasteiger partial charge in [-0.05, 0) is 38.5 Å². The van der Waals surface area contributed by atoms with Crippen LogP contribution >= 0.6 is 0 Å². The Bertz CT molecular complexity index is 687. The summed E-state index contributed by atoms with van der Waals surface area (Å²) in [7, 11) is 0. The molecule has 1 heterocycles. The highest BCUT2D eigenvalue weighted by atomic mass is 16.2. The van der Waals surface area contributed by atoms with Crippen LogP contribution in [0.2, 0.25) is 0 Å². The second-order valence-electron chi connectivity index (χ2n) is 7.08. The Labute approximate surface area is 150 Å². The molecule has 0 spiro atoms. The Kier molecular flexibility index (Phi) is 5.39. The lowest BCUT2D eigenvalue weighted by molar-refractivity contribution is 0.0656. The number of hydrogen-bond acceptors (Lipinski definition) is 2. The van der Waals surface area contributed by atoms with E-state index in [1.807, 2.05) is 35.2 Å². The molecule has 132 valence electrons. The minimum atomic E-state index is -0.0128. The summed E-state index contributed by atoms with van der Waals surface area (Å²) >= 11 is 0. The van der Waals surface area contributed by atoms with Crippen molar-refractivity contribution in [3.05, 3.63) is 65.7 Å². The van der Waals surface area contributed by atoms with Crippen LogP contribution in [-0.4, -0.2) is 41.0 Å². The van der Waals surface area contributed by atoms with Gasteiger partial charge in [-0.3, -0.25) is 4.90 Å². The Morgan fingerprint density at radius 2 is 1.60 bits per heavy atom. The fourth-order valence-corrected chi connectivity index (χ4v) is 3.62. The molecular weight excluding hydrogens is 310 g/mol. The molecule has 25 heavy (non-hydrogen) atoms. The maximum atomic E-state index is 12.7. The van der Waals surface area contributed by atoms with Gasteiger partial charge in [0.05, 0.1) is 0 Å². The van der Waals surface area contributed by atoms with Gasteiger partial charge in [0, 0.05) is 37.4 Å². The molecule has 1 aliphatic heterocycles. The van der Waals surface area contributed by atoms with Crippen LogP contribution in [-0.2, 0) is 6.54 Å². The van der Waals surface area contributed by atoms with Gasteiger partial charge in [0.2, 0.25) is 0 Å². The lowest BCUT2D eigenvalue weighted by atomic mass is 10.1. The highest BCUT2D eigenvalue weighted by molar-refractivity contribution is 5.89. The molecule has 2 amide bonds. The summed E-state index contributed by atoms with van der Waals surface area (Å²) in [6.45, 7) is 9.08. The number of carbonyl (C=O) groups is 1. The molecule has 1 saturated heterocycles. The second-order valence-corrected chi connectivity index (χ2v) is 7.08. The van der Waals surface area contributed by atoms with Gasteiger partial charge in [0.1, 0.15) is 0 Å². The number of rotatable bonds is 3. The summed E-state index contributed by atoms with van der Waals surface area (Å²) in [6, 6.07) is 18.7. The molecule has 2 unspecified atom stereocenters. The van der Waals surface area contributed by atoms with Crippen molar-refractivity contribution in [2.24, 2.45) is 0 Å². The van der Waals surface area contributed by atoms with Crippen LogP contribution in [0.15, 0.2) is 54.6 Å². The molecule has 4 nitrogen and oxygen atoms in total. The third kappa shape index (κ3) is 4.40. The normalized spacial score (nSPS) is 21.2. The van der Waals surface area contributed by atoms with E-state index >= 15 is 0 Å². The van der Waals surface area contributed by atoms with Gasteiger partial charge >= 0.3 is 6.03 Å². The van der Waals surface area contributed by atoms with E-state index in [1.165, 1.54) is 11.1 Å². The summed E-state index contributed by atoms with van der Waals surface area (Å²) in [6.07, 6.45) is 0. The first-order valence-electron chi connectivity index (χ1n) is 8.95. The first-order chi connectivity index (χ1) is 12.0. The largest absolute Gasteiger partial charge is 0.322 e. The predicted molar refractivity (Wildman–Crippen MR) is 103 cm³/mol. The number of nitrogens with one attached hydrogen (secondary N) is 1. The number of nitrogens with zero attached hydrogens (tertiary/aromatic N) is 2. The van der Waals surface area contributed by atoms with Crippen LogP contribution in [0.25, 0.3) is 0 Å². The summed E-state index contributed by atoms with van der Waals surface area (Å²) in [5.41, 5.74) is 3.45. The number of para-hydroxylation sites is 1. The molecule has 2 aromatic carbocycles. The first kappa shape index (κ1) is 17.5. The van der Waals surface area contributed by atoms with Crippen LogP contribution in [0.5, 0.6) is 0 Å². The summed E-state index contributed by atoms with van der Waals surface area (Å²) in [5, 5.41) is 3.01. The quantitative estimate of drug-likeness (QED) is 0.914. The van der Waals surface area contributed by atoms with Crippen molar-refractivity contribution in [1.82, 2.24) is 9.80 Å². The molecule has 1 fully saturated rings. The van der Waals surface area contributed by atoms with E-state index < -0.39 is 0 Å². The first-order valence-corrected chi connectivity index (χ1v) is 8.95. The number of hydrogen-bond donors (Lipinski definition) is 1. The van der Waals surface area contributed by atoms with E-state index in [-0.39, 0.29) is 18.1 Å². The third-order valence-corrected chi connectivity index (χ3v) is 4.78. The molecule has 2 atom stereocenters. The minimum Gasteiger partial charge on any atom is -0.317 e. The van der Waals surface area contributed by atoms with Crippen LogP contribution in [0, 0.1) is 6.92 Å². The number of aryl methyl sites for hydroxylation is 1. The van der Waals surface area contributed by atoms with Crippen molar-refractivity contribution in [3.8, 4) is 0 Å². The molecule has 2 aromatic rings. The zero-order valence-electron chi connectivity index (χ0n) is 15.3. The highest BCUT2D eigenvalue weighted by Gasteiger charge is 2.32. The van der Waals surface area contributed by atoms with Crippen LogP contribution < -0.4 is 5.32 Å². The highest BCUT2D eigenvalue weighted by Crippen LogP contribution is 2.20. The summed E-state index contributed by atoms with van der Waals surface area (Å²) in [5.74, 6) is 0. The monoisotopic (exact) mass is 337 g/mol. The maximum absolute atomic E-state index is 12.7. The van der Waals surface area contributed by atoms with E-state index in [4.69, 9.17) is 0 Å². The number of amides is 2. The average Bonchev–Trinajstić information content (AvgIpc) is 2.57. The molecule has 1 N–H and O–H groups in total. The molecule has 0 radical (unpaired) electrons. The van der Waals surface area contributed by atoms with Gasteiger partial charge in [-0.2, -0.15) is 0 Å². The van der Waals surface area contributed by atoms with Crippen molar-refractivity contribution < 1.29 is 4.79 Å². The summed E-state index contributed by atoms with van der Waals surface area (Å²) < 4.78 is 0. The van der Waals surface area contributed by atoms with E-state index in [1.54, 1.807) is 0 Å². The van der Waals surface area contributed by atoms with Gasteiger partial charge in [-0.15, -0.1) is 0 Å². The topological polar surface area (TPSA) is 35.6 Å². The van der Waals surface area contributed by atoms with Crippen molar-refractivity contribution in [2.45, 2.75) is 39.4 Å². The van der Waals surface area contributed by atoms with E-state index in [2.05, 4.69) is 55.3 Å². The molecular formula is C21H27N3O. The number of piperazine rings is 1. The Balaban J connectivity index is 1.61. The molecule has 0 aliphatic carbocycles. The van der Waals surface area contributed by atoms with Crippen LogP contribution in [0.1, 0.15) is 25.0 Å². The van der Waals surface area contributed by atoms with Gasteiger partial charge in [0.15, 0.2) is 0 Å². The van der Waals surface area contributed by atoms with Gasteiger partial charge in [-0.25, -0.2) is 4.79 Å². The molecule has 1 aliphatic rings. The van der Waals surface area contributed by atoms with E-state index in [0.717, 1.165) is 25.3 Å². The zero-order valence-corrected chi connectivity index (χ0v) is 15.3. The molecule has 0 aromatic heterocycles. The number of carbonyl (C=O) groups excluding carboxylic acids is 1. The van der Waals surface area contributed by atoms with Crippen molar-refractivity contribution in [2.75, 3.05) is 18.4 Å². The maximum Gasteiger partial charge on any atom is 0.322 e. The fourth-order valence-electron chi connectivity index (χ4n) is 3.62. The van der Waals surface area contributed by atoms with Gasteiger partial charge in [-0.1, -0.05) is 48.0 Å². The minimum absolute atomic E-state index is 0.0128. The van der Waals surface area contributed by atoms with Crippen LogP contribution in [0.3, 0.4) is 0 Å². The van der Waals surface area contributed by atoms with Crippen LogP contribution in [0.4, 0.5) is 10.5 Å². The van der Waals surface area contributed by atoms with Crippen molar-refractivity contribution in [1.29, 1.82) is 0 Å². The Morgan fingerprint density at radius 3 is 2.20 bits per heavy atom. The van der Waals surface area contributed by atoms with Crippen molar-refractivity contribution >= 4 is 11.7 Å². The van der Waals surface area contributed by atoms with Crippen molar-refractivity contribution in [3.63, 3.8) is 0 Å². The molecule has 0 saturated carbocycles. The van der Waals surface area contributed by atoms with E-state index in [0.29, 0.717) is 0 Å². The summed E-state index contributed by atoms with van der Waals surface area (Å²) in [4.78, 5) is 17.1. The predicted octanol–water partition coefficient (Wildman–Crippen LogP) is 4.12. The van der Waals surface area contributed by atoms with Gasteiger partial charge in [0.25, 0.3) is 0 Å². The smallest absolute Gasteiger partial charge is 0.317 e. The molecule has 4 heteroatoms. The second kappa shape index (κ2) is 7.70. The lowest BCUT2D eigenvalue weighted by Gasteiger charge is -2.44. The molecule has 0 bridgehead atoms. The third-order valence-electron chi connectivity index (χ3n) is 4.78. The van der Waals surface area contributed by atoms with Gasteiger partial charge < -0.3 is 10.2 Å². The lowest BCUT2D eigenvalue weighted by Crippen LogP contribution is -2.59. The number of benzene rings is 2.